The Bertz CT molecular complexity index is 925. The number of piperidine rings is 1. The third-order valence-electron chi connectivity index (χ3n) is 6.09. The maximum atomic E-state index is 12.1. The largest absolute Gasteiger partial charge is 0.444 e. The van der Waals surface area contributed by atoms with E-state index >= 15 is 0 Å². The highest BCUT2D eigenvalue weighted by Gasteiger charge is 2.28. The van der Waals surface area contributed by atoms with Crippen molar-refractivity contribution in [1.82, 2.24) is 19.4 Å². The van der Waals surface area contributed by atoms with Crippen molar-refractivity contribution in [3.05, 3.63) is 31.2 Å². The lowest BCUT2D eigenvalue weighted by Gasteiger charge is -2.38. The number of hydrogen-bond acceptors (Lipinski definition) is 6. The number of carbonyl (C=O) groups excluding carboxylic acids is 2. The van der Waals surface area contributed by atoms with Gasteiger partial charge in [0.25, 0.3) is 0 Å². The van der Waals surface area contributed by atoms with Gasteiger partial charge in [-0.25, -0.2) is 9.97 Å². The van der Waals surface area contributed by atoms with Crippen molar-refractivity contribution in [2.75, 3.05) is 11.9 Å². The first-order chi connectivity index (χ1) is 15.5. The van der Waals surface area contributed by atoms with Crippen LogP contribution in [-0.4, -0.2) is 49.9 Å². The smallest absolute Gasteiger partial charge is 0.307 e. The van der Waals surface area contributed by atoms with Crippen LogP contribution in [0.4, 0.5) is 5.82 Å². The van der Waals surface area contributed by atoms with Crippen molar-refractivity contribution in [2.45, 2.75) is 84.0 Å². The van der Waals surface area contributed by atoms with E-state index in [1.54, 1.807) is 0 Å². The Morgan fingerprint density at radius 1 is 1.25 bits per heavy atom. The summed E-state index contributed by atoms with van der Waals surface area (Å²) in [6.07, 6.45) is 12.5. The SMILES string of the molecule is C=CC(=O)N1C[C@H](Nc2ncnc3c2ccn3COC(=O)CCCCCCC)CC[C@@H]1C. The van der Waals surface area contributed by atoms with Gasteiger partial charge in [-0.15, -0.1) is 0 Å². The minimum atomic E-state index is -0.181. The molecule has 2 atom stereocenters. The number of anilines is 1. The van der Waals surface area contributed by atoms with Crippen LogP contribution in [0.5, 0.6) is 0 Å². The van der Waals surface area contributed by atoms with Gasteiger partial charge in [-0.05, 0) is 38.3 Å². The summed E-state index contributed by atoms with van der Waals surface area (Å²) in [6, 6.07) is 2.22. The highest BCUT2D eigenvalue weighted by atomic mass is 16.5. The van der Waals surface area contributed by atoms with E-state index < -0.39 is 0 Å². The van der Waals surface area contributed by atoms with Crippen LogP contribution in [0.2, 0.25) is 0 Å². The van der Waals surface area contributed by atoms with E-state index in [0.29, 0.717) is 18.6 Å². The Labute approximate surface area is 190 Å². The maximum Gasteiger partial charge on any atom is 0.307 e. The van der Waals surface area contributed by atoms with Crippen LogP contribution in [-0.2, 0) is 21.1 Å². The van der Waals surface area contributed by atoms with Gasteiger partial charge >= 0.3 is 5.97 Å². The molecule has 1 amide bonds. The van der Waals surface area contributed by atoms with Crippen molar-refractivity contribution in [3.8, 4) is 0 Å². The fourth-order valence-corrected chi connectivity index (χ4v) is 4.15. The van der Waals surface area contributed by atoms with E-state index in [1.165, 1.54) is 25.2 Å². The normalized spacial score (nSPS) is 18.5. The van der Waals surface area contributed by atoms with Crippen LogP contribution < -0.4 is 5.32 Å². The summed E-state index contributed by atoms with van der Waals surface area (Å²) in [7, 11) is 0. The third-order valence-corrected chi connectivity index (χ3v) is 6.09. The summed E-state index contributed by atoms with van der Waals surface area (Å²) in [4.78, 5) is 34.8. The van der Waals surface area contributed by atoms with Gasteiger partial charge in [0.2, 0.25) is 5.91 Å². The second-order valence-corrected chi connectivity index (χ2v) is 8.52. The number of ether oxygens (including phenoxy) is 1. The Morgan fingerprint density at radius 2 is 2.06 bits per heavy atom. The van der Waals surface area contributed by atoms with Crippen LogP contribution in [0.25, 0.3) is 11.0 Å². The minimum Gasteiger partial charge on any atom is -0.444 e. The number of esters is 1. The van der Waals surface area contributed by atoms with Gasteiger partial charge in [0.1, 0.15) is 17.8 Å². The monoisotopic (exact) mass is 441 g/mol. The Kier molecular flexibility index (Phi) is 8.64. The Hall–Kier alpha value is -2.90. The van der Waals surface area contributed by atoms with E-state index in [0.717, 1.165) is 43.3 Å². The fraction of sp³-hybridized carbons (Fsp3) is 0.583. The molecule has 3 rings (SSSR count). The quantitative estimate of drug-likeness (QED) is 0.318. The first-order valence-corrected chi connectivity index (χ1v) is 11.7. The van der Waals surface area contributed by atoms with Gasteiger partial charge in [-0.2, -0.15) is 0 Å². The summed E-state index contributed by atoms with van der Waals surface area (Å²) in [5.74, 6) is 0.496. The first-order valence-electron chi connectivity index (χ1n) is 11.7. The van der Waals surface area contributed by atoms with Crippen molar-refractivity contribution >= 4 is 28.7 Å². The average Bonchev–Trinajstić information content (AvgIpc) is 3.22. The van der Waals surface area contributed by atoms with Gasteiger partial charge < -0.3 is 15.0 Å². The third kappa shape index (κ3) is 6.08. The molecule has 8 heteroatoms. The Balaban J connectivity index is 1.58. The number of fused-ring (bicyclic) bond motifs is 1. The second kappa shape index (κ2) is 11.6. The summed E-state index contributed by atoms with van der Waals surface area (Å²) in [5, 5.41) is 4.34. The van der Waals surface area contributed by atoms with Gasteiger partial charge in [0, 0.05) is 31.2 Å². The molecule has 1 saturated heterocycles. The maximum absolute atomic E-state index is 12.1. The molecule has 0 unspecified atom stereocenters. The molecule has 0 spiro atoms. The Morgan fingerprint density at radius 3 is 2.84 bits per heavy atom. The molecule has 2 aromatic rings. The predicted molar refractivity (Wildman–Crippen MR) is 125 cm³/mol. The summed E-state index contributed by atoms with van der Waals surface area (Å²) < 4.78 is 7.26. The minimum absolute atomic E-state index is 0.0461. The van der Waals surface area contributed by atoms with Crippen molar-refractivity contribution < 1.29 is 14.3 Å². The van der Waals surface area contributed by atoms with E-state index in [1.807, 2.05) is 21.7 Å². The van der Waals surface area contributed by atoms with Gasteiger partial charge in [0.05, 0.1) is 5.39 Å². The molecule has 8 nitrogen and oxygen atoms in total. The molecule has 1 fully saturated rings. The number of likely N-dealkylation sites (tertiary alicyclic amines) is 1. The molecule has 0 aliphatic carbocycles. The zero-order chi connectivity index (χ0) is 22.9. The van der Waals surface area contributed by atoms with Crippen LogP contribution in [0.15, 0.2) is 31.2 Å². The average molecular weight is 442 g/mol. The van der Waals surface area contributed by atoms with E-state index in [4.69, 9.17) is 4.74 Å². The molecule has 0 radical (unpaired) electrons. The highest BCUT2D eigenvalue weighted by molar-refractivity contribution is 5.88. The molecule has 1 N–H and O–H groups in total. The van der Waals surface area contributed by atoms with Crippen molar-refractivity contribution in [1.29, 1.82) is 0 Å². The molecule has 174 valence electrons. The summed E-state index contributed by atoms with van der Waals surface area (Å²) in [5.41, 5.74) is 0.710. The zero-order valence-corrected chi connectivity index (χ0v) is 19.3. The molecule has 1 aliphatic rings. The van der Waals surface area contributed by atoms with Gasteiger partial charge in [0.15, 0.2) is 6.73 Å². The second-order valence-electron chi connectivity index (χ2n) is 8.52. The number of aromatic nitrogens is 3. The highest BCUT2D eigenvalue weighted by Crippen LogP contribution is 2.25. The van der Waals surface area contributed by atoms with E-state index in [-0.39, 0.29) is 30.7 Å². The van der Waals surface area contributed by atoms with Gasteiger partial charge in [-0.1, -0.05) is 39.2 Å². The zero-order valence-electron chi connectivity index (χ0n) is 19.3. The molecule has 2 aromatic heterocycles. The molecular weight excluding hydrogens is 406 g/mol. The predicted octanol–water partition coefficient (Wildman–Crippen LogP) is 4.27. The number of hydrogen-bond donors (Lipinski definition) is 1. The fourth-order valence-electron chi connectivity index (χ4n) is 4.15. The van der Waals surface area contributed by atoms with Crippen LogP contribution in [0.3, 0.4) is 0 Å². The number of carbonyl (C=O) groups is 2. The summed E-state index contributed by atoms with van der Waals surface area (Å²) in [6.45, 7) is 8.59. The molecule has 0 saturated carbocycles. The lowest BCUT2D eigenvalue weighted by atomic mass is 9.99. The number of rotatable bonds is 11. The standard InChI is InChI=1S/C24H35N5O3/c1-4-6-7-8-9-10-22(31)32-17-28-14-13-20-23(25-16-26-24(20)28)27-19-12-11-18(3)29(15-19)21(30)5-2/h5,13-14,16,18-19H,2,4,6-12,15,17H2,1,3H3,(H,25,26,27)/t18-,19+/m0/s1. The molecule has 0 aromatic carbocycles. The molecule has 1 aliphatic heterocycles. The number of unbranched alkanes of at least 4 members (excludes halogenated alkanes) is 4. The van der Waals surface area contributed by atoms with E-state index in [2.05, 4.69) is 35.7 Å². The lowest BCUT2D eigenvalue weighted by molar-refractivity contribution is -0.147. The van der Waals surface area contributed by atoms with Crippen molar-refractivity contribution in [3.63, 3.8) is 0 Å². The van der Waals surface area contributed by atoms with E-state index in [9.17, 15) is 9.59 Å². The lowest BCUT2D eigenvalue weighted by Crippen LogP contribution is -2.49. The number of amides is 1. The number of nitrogens with one attached hydrogen (secondary N) is 1. The van der Waals surface area contributed by atoms with Crippen LogP contribution >= 0.6 is 0 Å². The van der Waals surface area contributed by atoms with Gasteiger partial charge in [-0.3, -0.25) is 14.2 Å². The van der Waals surface area contributed by atoms with Crippen LogP contribution in [0, 0.1) is 0 Å². The van der Waals surface area contributed by atoms with Crippen molar-refractivity contribution in [2.24, 2.45) is 0 Å². The summed E-state index contributed by atoms with van der Waals surface area (Å²) >= 11 is 0. The molecule has 3 heterocycles. The molecule has 32 heavy (non-hydrogen) atoms. The molecule has 0 bridgehead atoms. The topological polar surface area (TPSA) is 89.3 Å². The number of nitrogens with zero attached hydrogens (tertiary/aromatic N) is 4. The van der Waals surface area contributed by atoms with Crippen LogP contribution in [0.1, 0.15) is 65.2 Å². The first kappa shape index (κ1) is 23.8. The molecular formula is C24H35N5O3.